The lowest BCUT2D eigenvalue weighted by Crippen LogP contribution is -2.32. The molecule has 111 heavy (non-hydrogen) atoms. The van der Waals surface area contributed by atoms with E-state index in [1.165, 1.54) is 77.0 Å². The molecule has 0 aliphatic rings. The zero-order chi connectivity index (χ0) is 81.3. The first kappa shape index (κ1) is 104. The van der Waals surface area contributed by atoms with Gasteiger partial charge in [0.1, 0.15) is 24.4 Å². The van der Waals surface area contributed by atoms with Crippen LogP contribution in [-0.2, 0) is 42.9 Å². The Bertz CT molecular complexity index is 2170. The van der Waals surface area contributed by atoms with Crippen molar-refractivity contribution in [1.82, 2.24) is 25.3 Å². The van der Waals surface area contributed by atoms with E-state index in [4.69, 9.17) is 23.7 Å². The van der Waals surface area contributed by atoms with Crippen LogP contribution in [0.5, 0.6) is 0 Å². The number of ether oxygens (including phenoxy) is 5. The Morgan fingerprint density at radius 3 is 0.793 bits per heavy atom. The van der Waals surface area contributed by atoms with E-state index >= 15 is 0 Å². The smallest absolute Gasteiger partial charge is 0.338 e. The topological polar surface area (TPSA) is 199 Å². The molecular formula is C94H173N5O12. The summed E-state index contributed by atoms with van der Waals surface area (Å²) in [6.07, 6.45) is 55.7. The Labute approximate surface area is 681 Å². The minimum atomic E-state index is -0.561. The molecule has 646 valence electrons. The molecule has 4 atom stereocenters. The van der Waals surface area contributed by atoms with E-state index < -0.39 is 5.97 Å². The first-order valence-electron chi connectivity index (χ1n) is 47.0. The maximum Gasteiger partial charge on any atom is 0.338 e. The molecule has 0 heterocycles. The van der Waals surface area contributed by atoms with Gasteiger partial charge in [0, 0.05) is 56.4 Å². The number of hydrogen-bond acceptors (Lipinski definition) is 15. The number of esters is 5. The Balaban J connectivity index is 3.10. The second-order valence-electron chi connectivity index (χ2n) is 32.2. The highest BCUT2D eigenvalue weighted by Crippen LogP contribution is 2.22. The van der Waals surface area contributed by atoms with Gasteiger partial charge in [0.2, 0.25) is 0 Å². The van der Waals surface area contributed by atoms with Gasteiger partial charge in [-0.3, -0.25) is 28.8 Å². The van der Waals surface area contributed by atoms with E-state index in [2.05, 4.69) is 94.6 Å². The summed E-state index contributed by atoms with van der Waals surface area (Å²) in [5.74, 6) is -1.47. The van der Waals surface area contributed by atoms with Gasteiger partial charge >= 0.3 is 29.8 Å². The molecule has 17 nitrogen and oxygen atoms in total. The van der Waals surface area contributed by atoms with Crippen LogP contribution in [0, 0.1) is 0 Å². The van der Waals surface area contributed by atoms with Crippen LogP contribution in [0.3, 0.4) is 0 Å². The molecule has 0 fully saturated rings. The van der Waals surface area contributed by atoms with Gasteiger partial charge in [0.15, 0.2) is 0 Å². The number of unbranched alkanes of at least 4 members (excludes halogenated alkanes) is 32. The maximum absolute atomic E-state index is 14.2. The van der Waals surface area contributed by atoms with Crippen LogP contribution < -0.4 is 10.6 Å². The summed E-state index contributed by atoms with van der Waals surface area (Å²) in [5.41, 5.74) is 0.660. The molecule has 0 saturated carbocycles. The lowest BCUT2D eigenvalue weighted by atomic mass is 10.0. The quantitative estimate of drug-likeness (QED) is 0.0354. The molecule has 0 bridgehead atoms. The van der Waals surface area contributed by atoms with Gasteiger partial charge in [0.05, 0.1) is 12.2 Å². The molecule has 0 spiro atoms. The Hall–Kier alpha value is -4.61. The van der Waals surface area contributed by atoms with Crippen molar-refractivity contribution in [3.05, 3.63) is 34.9 Å². The number of nitrogens with one attached hydrogen (secondary N) is 2. The number of benzene rings is 1. The third kappa shape index (κ3) is 60.6. The van der Waals surface area contributed by atoms with Crippen molar-refractivity contribution in [1.29, 1.82) is 0 Å². The van der Waals surface area contributed by atoms with Gasteiger partial charge in [-0.15, -0.1) is 0 Å². The predicted molar refractivity (Wildman–Crippen MR) is 461 cm³/mol. The molecule has 4 unspecified atom stereocenters. The van der Waals surface area contributed by atoms with E-state index in [1.54, 1.807) is 18.2 Å². The average molecular weight is 1570 g/mol. The molecule has 2 amide bonds. The van der Waals surface area contributed by atoms with Crippen molar-refractivity contribution in [2.24, 2.45) is 0 Å². The zero-order valence-electron chi connectivity index (χ0n) is 73.7. The van der Waals surface area contributed by atoms with E-state index in [0.29, 0.717) is 45.2 Å². The Morgan fingerprint density at radius 2 is 0.523 bits per heavy atom. The number of nitrogens with zero attached hydrogens (tertiary/aromatic N) is 3. The first-order valence-corrected chi connectivity index (χ1v) is 47.0. The number of carbonyl (C=O) groups excluding carboxylic acids is 7. The Morgan fingerprint density at radius 1 is 0.279 bits per heavy atom. The molecule has 2 N–H and O–H groups in total. The van der Waals surface area contributed by atoms with Crippen LogP contribution in [0.4, 0.5) is 0 Å². The lowest BCUT2D eigenvalue weighted by molar-refractivity contribution is -0.150. The van der Waals surface area contributed by atoms with Gasteiger partial charge in [0.25, 0.3) is 11.8 Å². The Kier molecular flexibility index (Phi) is 70.9. The molecule has 0 aliphatic heterocycles. The molecular weight excluding hydrogens is 1390 g/mol. The van der Waals surface area contributed by atoms with Crippen molar-refractivity contribution < 1.29 is 57.2 Å². The molecule has 0 saturated heterocycles. The summed E-state index contributed by atoms with van der Waals surface area (Å²) in [5, 5.41) is 6.27. The number of amides is 2. The normalized spacial score (nSPS) is 12.7. The van der Waals surface area contributed by atoms with E-state index in [-0.39, 0.29) is 83.4 Å². The monoisotopic (exact) mass is 1560 g/mol. The molecule has 0 aliphatic carbocycles. The van der Waals surface area contributed by atoms with E-state index in [1.807, 2.05) is 0 Å². The average Bonchev–Trinajstić information content (AvgIpc) is 0.826. The molecule has 1 rings (SSSR count). The van der Waals surface area contributed by atoms with Gasteiger partial charge in [-0.25, -0.2) is 4.79 Å². The molecule has 1 aromatic rings. The van der Waals surface area contributed by atoms with Crippen LogP contribution in [0.15, 0.2) is 18.2 Å². The fraction of sp³-hybridized carbons (Fsp3) is 0.862. The van der Waals surface area contributed by atoms with Crippen molar-refractivity contribution in [3.63, 3.8) is 0 Å². The zero-order valence-corrected chi connectivity index (χ0v) is 73.7. The highest BCUT2D eigenvalue weighted by atomic mass is 16.6. The molecule has 17 heteroatoms. The van der Waals surface area contributed by atoms with E-state index in [0.717, 1.165) is 303 Å². The summed E-state index contributed by atoms with van der Waals surface area (Å²) >= 11 is 0. The fourth-order valence-electron chi connectivity index (χ4n) is 14.8. The number of carbonyl (C=O) groups is 7. The summed E-state index contributed by atoms with van der Waals surface area (Å²) in [7, 11) is 0. The second-order valence-corrected chi connectivity index (χ2v) is 32.2. The van der Waals surface area contributed by atoms with Crippen LogP contribution in [0.25, 0.3) is 0 Å². The number of hydrogen-bond donors (Lipinski definition) is 2. The van der Waals surface area contributed by atoms with Gasteiger partial charge < -0.3 is 49.0 Å². The van der Waals surface area contributed by atoms with Crippen LogP contribution in [0.2, 0.25) is 0 Å². The maximum atomic E-state index is 14.2. The first-order chi connectivity index (χ1) is 54.1. The highest BCUT2D eigenvalue weighted by molar-refractivity contribution is 6.03. The van der Waals surface area contributed by atoms with Gasteiger partial charge in [-0.05, 0) is 218 Å². The van der Waals surface area contributed by atoms with Crippen LogP contribution in [-0.4, -0.2) is 159 Å². The van der Waals surface area contributed by atoms with Crippen molar-refractivity contribution >= 4 is 41.7 Å². The molecule has 1 aromatic carbocycles. The summed E-state index contributed by atoms with van der Waals surface area (Å²) in [6.45, 7) is 30.7. The SMILES string of the molecule is CCCCCCC(CC)OC(=O)CCCCCCCCN(CCCCCCCCC(=O)OC(CC)CCCCCC)CCCNC(=O)c1cc(C(=O)NCCCN(CCCCCCCCC(=O)OC(CC)CCCCCC)CCCCCCCCC(=O)OC(CC)CCCCCC)cc(C(=O)OCCCN(CC)CC)c1. The van der Waals surface area contributed by atoms with Gasteiger partial charge in [-0.2, -0.15) is 0 Å². The predicted octanol–water partition coefficient (Wildman–Crippen LogP) is 23.5. The lowest BCUT2D eigenvalue weighted by Gasteiger charge is -2.22. The van der Waals surface area contributed by atoms with Crippen LogP contribution >= 0.6 is 0 Å². The fourth-order valence-corrected chi connectivity index (χ4v) is 14.8. The highest BCUT2D eigenvalue weighted by Gasteiger charge is 2.21. The van der Waals surface area contributed by atoms with Gasteiger partial charge in [-0.1, -0.05) is 249 Å². The van der Waals surface area contributed by atoms with Crippen molar-refractivity contribution in [2.45, 2.75) is 447 Å². The third-order valence-corrected chi connectivity index (χ3v) is 22.3. The number of rotatable bonds is 81. The standard InChI is InChI=1S/C94H173N5O12/c1-11-21-25-45-60-84(15-5)108-88(100)64-49-37-29-33-41-53-70-98(71-54-42-34-30-38-50-65-89(101)109-85(16-6)61-46-26-22-12-2)74-57-68-95-92(104)81-78-82(80-83(79-81)94(106)107-77-59-76-97(19-9)20-10)93(105)96-69-58-75-99(72-55-43-35-31-39-51-66-90(102)110-86(17-7)62-47-27-23-13-3)73-56-44-36-32-40-52-67-91(103)111-87(18-8)63-48-28-24-14-4/h78-80,84-87H,11-77H2,1-10H3,(H,95,104)(H,96,105). The molecule has 0 radical (unpaired) electrons. The summed E-state index contributed by atoms with van der Waals surface area (Å²) in [4.78, 5) is 100. The van der Waals surface area contributed by atoms with Crippen molar-refractivity contribution in [2.75, 3.05) is 78.6 Å². The largest absolute Gasteiger partial charge is 0.462 e. The second kappa shape index (κ2) is 75.4. The minimum Gasteiger partial charge on any atom is -0.462 e. The summed E-state index contributed by atoms with van der Waals surface area (Å²) in [6, 6.07) is 4.71. The minimum absolute atomic E-state index is 0.0364. The molecule has 0 aromatic heterocycles. The third-order valence-electron chi connectivity index (χ3n) is 22.3. The van der Waals surface area contributed by atoms with Crippen molar-refractivity contribution in [3.8, 4) is 0 Å². The van der Waals surface area contributed by atoms with E-state index in [9.17, 15) is 33.6 Å². The summed E-state index contributed by atoms with van der Waals surface area (Å²) < 4.78 is 29.1. The van der Waals surface area contributed by atoms with Crippen LogP contribution in [0.1, 0.15) is 453 Å².